The third kappa shape index (κ3) is 11.4. The van der Waals surface area contributed by atoms with Crippen molar-refractivity contribution in [2.24, 2.45) is 0 Å². The van der Waals surface area contributed by atoms with Crippen LogP contribution in [0.3, 0.4) is 0 Å². The van der Waals surface area contributed by atoms with Gasteiger partial charge in [-0.2, -0.15) is 21.0 Å². The number of nitriles is 4. The fourth-order valence-corrected chi connectivity index (χ4v) is 10.9. The zero-order valence-corrected chi connectivity index (χ0v) is 45.9. The van der Waals surface area contributed by atoms with Gasteiger partial charge in [-0.25, -0.2) is 8.42 Å². The average Bonchev–Trinajstić information content (AvgIpc) is 3.48. The molecule has 8 aromatic carbocycles. The molecule has 8 rings (SSSR count). The summed E-state index contributed by atoms with van der Waals surface area (Å²) in [4.78, 5) is 0.288. The van der Waals surface area contributed by atoms with Crippen LogP contribution in [0.4, 0.5) is 0 Å². The maximum absolute atomic E-state index is 13.9. The summed E-state index contributed by atoms with van der Waals surface area (Å²) in [5.74, 6) is 3.28. The molecule has 1 atom stereocenters. The fraction of sp³-hybridized carbons (Fsp3) is 0.224. The highest BCUT2D eigenvalue weighted by atomic mass is 32.2. The first kappa shape index (κ1) is 55.1. The third-order valence-electron chi connectivity index (χ3n) is 15.2. The highest BCUT2D eigenvalue weighted by molar-refractivity contribution is 7.91. The normalized spacial score (nSPS) is 12.4. The minimum atomic E-state index is -3.86. The second-order valence-corrected chi connectivity index (χ2v) is 22.4. The number of hydrogen-bond acceptors (Lipinski definition) is 10. The number of ether oxygens (including phenoxy) is 4. The molecule has 0 amide bonds. The number of rotatable bonds is 19. The Hall–Kier alpha value is -9.13. The van der Waals surface area contributed by atoms with Crippen LogP contribution >= 0.6 is 0 Å². The SMILES string of the molecule is CCC(C)(Oc1ccc(C#N)c(C#N)c1)c1ccc(C(C)(C)c2ccc(Oc3ccc(S(=O)(=O)c4ccc(OC(CC)(CC)c5ccc(C(C)(C)c6ccc(Oc7ccc(C#N)c(C#N)c7)cc6)cc5)cc4)cc3)cc2)cc1. The first-order valence-electron chi connectivity index (χ1n) is 25.9. The largest absolute Gasteiger partial charge is 0.483 e. The van der Waals surface area contributed by atoms with Crippen LogP contribution in [0.15, 0.2) is 192 Å². The molecular formula is C67H60N4O6S. The lowest BCUT2D eigenvalue weighted by Crippen LogP contribution is -2.32. The predicted molar refractivity (Wildman–Crippen MR) is 301 cm³/mol. The molecule has 0 bridgehead atoms. The molecule has 78 heavy (non-hydrogen) atoms. The molecule has 0 saturated heterocycles. The van der Waals surface area contributed by atoms with Crippen molar-refractivity contribution < 1.29 is 27.4 Å². The van der Waals surface area contributed by atoms with Crippen molar-refractivity contribution in [2.75, 3.05) is 0 Å². The quantitative estimate of drug-likeness (QED) is 0.0760. The van der Waals surface area contributed by atoms with Crippen LogP contribution in [0.2, 0.25) is 0 Å². The molecule has 390 valence electrons. The van der Waals surface area contributed by atoms with E-state index in [4.69, 9.17) is 18.9 Å². The first-order valence-corrected chi connectivity index (χ1v) is 27.3. The van der Waals surface area contributed by atoms with E-state index in [1.807, 2.05) is 80.6 Å². The molecule has 0 heterocycles. The summed E-state index contributed by atoms with van der Waals surface area (Å²) in [6.07, 6.45) is 2.04. The second-order valence-electron chi connectivity index (χ2n) is 20.5. The van der Waals surface area contributed by atoms with Crippen molar-refractivity contribution in [3.63, 3.8) is 0 Å². The van der Waals surface area contributed by atoms with E-state index >= 15 is 0 Å². The van der Waals surface area contributed by atoms with Crippen molar-refractivity contribution in [2.45, 2.75) is 106 Å². The van der Waals surface area contributed by atoms with Crippen LogP contribution < -0.4 is 18.9 Å². The summed E-state index contributed by atoms with van der Waals surface area (Å²) in [6, 6.07) is 63.5. The standard InChI is InChI=1S/C67H60N4O6S/c1-9-66(8,76-61-27-13-47(43-69)49(41-61)45-71)54-18-14-50(15-19-54)64(4,5)52-22-28-56(29-23-52)74-58-32-36-62(37-33-58)78(72,73)63-38-34-59(35-39-63)77-67(10-2,11-3)55-20-16-51(17-21-55)65(6,7)53-24-30-57(31-25-53)75-60-26-12-46(42-68)48(40-60)44-70/h12-41H,9-11H2,1-8H3. The van der Waals surface area contributed by atoms with E-state index in [2.05, 4.69) is 96.1 Å². The summed E-state index contributed by atoms with van der Waals surface area (Å²) in [5, 5.41) is 37.5. The lowest BCUT2D eigenvalue weighted by Gasteiger charge is -2.34. The highest BCUT2D eigenvalue weighted by Gasteiger charge is 2.33. The molecular weight excluding hydrogens is 989 g/mol. The second kappa shape index (κ2) is 22.6. The van der Waals surface area contributed by atoms with Crippen molar-refractivity contribution >= 4 is 9.84 Å². The molecule has 0 fully saturated rings. The summed E-state index contributed by atoms with van der Waals surface area (Å²) < 4.78 is 53.2. The van der Waals surface area contributed by atoms with Gasteiger partial charge < -0.3 is 18.9 Å². The summed E-state index contributed by atoms with van der Waals surface area (Å²) >= 11 is 0. The first-order chi connectivity index (χ1) is 37.3. The monoisotopic (exact) mass is 1050 g/mol. The van der Waals surface area contributed by atoms with E-state index in [0.29, 0.717) is 64.9 Å². The van der Waals surface area contributed by atoms with Gasteiger partial charge in [-0.3, -0.25) is 0 Å². The van der Waals surface area contributed by atoms with E-state index in [0.717, 1.165) is 33.4 Å². The summed E-state index contributed by atoms with van der Waals surface area (Å²) in [5.41, 5.74) is 5.50. The van der Waals surface area contributed by atoms with E-state index < -0.39 is 21.0 Å². The molecule has 8 aromatic rings. The average molecular weight is 1050 g/mol. The fourth-order valence-electron chi connectivity index (χ4n) is 9.66. The van der Waals surface area contributed by atoms with Crippen molar-refractivity contribution in [3.05, 3.63) is 238 Å². The molecule has 0 aliphatic heterocycles. The highest BCUT2D eigenvalue weighted by Crippen LogP contribution is 2.41. The van der Waals surface area contributed by atoms with Gasteiger partial charge in [0.1, 0.15) is 70.0 Å². The Balaban J connectivity index is 0.881. The number of nitrogens with zero attached hydrogens (tertiary/aromatic N) is 4. The van der Waals surface area contributed by atoms with Crippen molar-refractivity contribution in [1.82, 2.24) is 0 Å². The minimum absolute atomic E-state index is 0.141. The van der Waals surface area contributed by atoms with Gasteiger partial charge in [0.25, 0.3) is 0 Å². The van der Waals surface area contributed by atoms with E-state index in [1.165, 1.54) is 0 Å². The molecule has 0 radical (unpaired) electrons. The van der Waals surface area contributed by atoms with E-state index in [9.17, 15) is 29.5 Å². The van der Waals surface area contributed by atoms with Gasteiger partial charge in [-0.05, 0) is 169 Å². The Labute approximate surface area is 458 Å². The van der Waals surface area contributed by atoms with Gasteiger partial charge in [0, 0.05) is 10.8 Å². The topological polar surface area (TPSA) is 166 Å². The number of hydrogen-bond donors (Lipinski definition) is 0. The molecule has 0 saturated carbocycles. The van der Waals surface area contributed by atoms with Crippen LogP contribution in [-0.4, -0.2) is 8.42 Å². The summed E-state index contributed by atoms with van der Waals surface area (Å²) in [7, 11) is -3.86. The molecule has 0 aliphatic carbocycles. The van der Waals surface area contributed by atoms with Crippen LogP contribution in [0.1, 0.15) is 130 Å². The molecule has 0 aromatic heterocycles. The number of benzene rings is 8. The lowest BCUT2D eigenvalue weighted by molar-refractivity contribution is 0.0572. The van der Waals surface area contributed by atoms with E-state index in [1.54, 1.807) is 84.9 Å². The van der Waals surface area contributed by atoms with Crippen molar-refractivity contribution in [1.29, 1.82) is 21.0 Å². The predicted octanol–water partition coefficient (Wildman–Crippen LogP) is 16.0. The molecule has 1 unspecified atom stereocenters. The molecule has 0 aliphatic rings. The maximum atomic E-state index is 13.9. The lowest BCUT2D eigenvalue weighted by atomic mass is 9.77. The maximum Gasteiger partial charge on any atom is 0.206 e. The van der Waals surface area contributed by atoms with Gasteiger partial charge in [0.2, 0.25) is 9.84 Å². The van der Waals surface area contributed by atoms with Gasteiger partial charge >= 0.3 is 0 Å². The molecule has 10 nitrogen and oxygen atoms in total. The number of sulfone groups is 1. The van der Waals surface area contributed by atoms with Crippen LogP contribution in [-0.2, 0) is 31.9 Å². The Morgan fingerprint density at radius 1 is 0.359 bits per heavy atom. The van der Waals surface area contributed by atoms with Gasteiger partial charge in [-0.15, -0.1) is 0 Å². The Morgan fingerprint density at radius 3 is 1.08 bits per heavy atom. The van der Waals surface area contributed by atoms with Crippen LogP contribution in [0.25, 0.3) is 0 Å². The zero-order valence-electron chi connectivity index (χ0n) is 45.1. The molecule has 0 spiro atoms. The minimum Gasteiger partial charge on any atom is -0.483 e. The van der Waals surface area contributed by atoms with Crippen molar-refractivity contribution in [3.8, 4) is 58.8 Å². The van der Waals surface area contributed by atoms with Gasteiger partial charge in [0.15, 0.2) is 0 Å². The summed E-state index contributed by atoms with van der Waals surface area (Å²) in [6.45, 7) is 16.9. The molecule has 11 heteroatoms. The smallest absolute Gasteiger partial charge is 0.206 e. The third-order valence-corrected chi connectivity index (χ3v) is 17.0. The van der Waals surface area contributed by atoms with E-state index in [-0.39, 0.29) is 31.7 Å². The Kier molecular flexibility index (Phi) is 16.0. The Morgan fingerprint density at radius 2 is 0.679 bits per heavy atom. The van der Waals surface area contributed by atoms with Crippen LogP contribution in [0, 0.1) is 45.3 Å². The Bertz CT molecular complexity index is 3730. The van der Waals surface area contributed by atoms with Crippen LogP contribution in [0.5, 0.6) is 34.5 Å². The zero-order chi connectivity index (χ0) is 55.9. The molecule has 0 N–H and O–H groups in total. The van der Waals surface area contributed by atoms with Gasteiger partial charge in [0.05, 0.1) is 32.0 Å². The van der Waals surface area contributed by atoms with Gasteiger partial charge in [-0.1, -0.05) is 121 Å².